The minimum absolute atomic E-state index is 0.851. The summed E-state index contributed by atoms with van der Waals surface area (Å²) >= 11 is 0. The third-order valence-electron chi connectivity index (χ3n) is 5.75. The van der Waals surface area contributed by atoms with Crippen molar-refractivity contribution in [2.45, 2.75) is 0 Å². The Morgan fingerprint density at radius 1 is 0.333 bits per heavy atom. The van der Waals surface area contributed by atoms with Crippen LogP contribution in [0.5, 0.6) is 17.2 Å². The van der Waals surface area contributed by atoms with Gasteiger partial charge in [0.15, 0.2) is 0 Å². The Labute approximate surface area is 213 Å². The molecule has 0 atom stereocenters. The van der Waals surface area contributed by atoms with E-state index in [1.165, 1.54) is 0 Å². The predicted octanol–water partition coefficient (Wildman–Crippen LogP) is 8.22. The highest BCUT2D eigenvalue weighted by Crippen LogP contribution is 2.21. The van der Waals surface area contributed by atoms with Gasteiger partial charge in [0.2, 0.25) is 0 Å². The lowest BCUT2D eigenvalue weighted by molar-refractivity contribution is 0.414. The zero-order chi connectivity index (χ0) is 25.2. The molecule has 0 aromatic heterocycles. The van der Waals surface area contributed by atoms with Crippen LogP contribution in [0.2, 0.25) is 0 Å². The van der Waals surface area contributed by atoms with Crippen molar-refractivity contribution in [1.29, 1.82) is 0 Å². The molecule has 0 N–H and O–H groups in total. The summed E-state index contributed by atoms with van der Waals surface area (Å²) < 4.78 is 15.8. The molecule has 0 unspecified atom stereocenters. The van der Waals surface area contributed by atoms with Gasteiger partial charge in [0, 0.05) is 0 Å². The number of ether oxygens (including phenoxy) is 3. The maximum atomic E-state index is 5.26. The van der Waals surface area contributed by atoms with Crippen LogP contribution >= 0.6 is 0 Å². The number of rotatable bonds is 9. The van der Waals surface area contributed by atoms with E-state index >= 15 is 0 Å². The van der Waals surface area contributed by atoms with E-state index in [2.05, 4.69) is 54.7 Å². The molecule has 0 bridgehead atoms. The number of methoxy groups -OCH3 is 3. The Kier molecular flexibility index (Phi) is 8.39. The van der Waals surface area contributed by atoms with E-state index in [9.17, 15) is 0 Å². The molecule has 0 fully saturated rings. The SMILES string of the molecule is COc1ccc(/C=C/c2cc(/C=C/c3ccc(OC)cc3)cc(/C=C/c3ccc(OC)cc3)c2)cc1. The highest BCUT2D eigenvalue weighted by atomic mass is 16.5. The summed E-state index contributed by atoms with van der Waals surface area (Å²) in [6, 6.07) is 30.7. The number of hydrogen-bond acceptors (Lipinski definition) is 3. The number of hydrogen-bond donors (Lipinski definition) is 0. The monoisotopic (exact) mass is 474 g/mol. The van der Waals surface area contributed by atoms with Crippen LogP contribution in [0.4, 0.5) is 0 Å². The van der Waals surface area contributed by atoms with Crippen molar-refractivity contribution in [3.63, 3.8) is 0 Å². The van der Waals surface area contributed by atoms with E-state index in [1.54, 1.807) is 21.3 Å². The molecular weight excluding hydrogens is 444 g/mol. The summed E-state index contributed by atoms with van der Waals surface area (Å²) in [6.07, 6.45) is 12.7. The molecule has 4 rings (SSSR count). The van der Waals surface area contributed by atoms with Gasteiger partial charge in [-0.15, -0.1) is 0 Å². The molecule has 180 valence electrons. The van der Waals surface area contributed by atoms with Gasteiger partial charge in [0.25, 0.3) is 0 Å². The van der Waals surface area contributed by atoms with Crippen LogP contribution in [0.3, 0.4) is 0 Å². The maximum absolute atomic E-state index is 5.26. The molecule has 4 aromatic carbocycles. The van der Waals surface area contributed by atoms with Crippen LogP contribution in [-0.4, -0.2) is 21.3 Å². The molecule has 0 aliphatic rings. The van der Waals surface area contributed by atoms with Gasteiger partial charge < -0.3 is 14.2 Å². The molecule has 4 aromatic rings. The average Bonchev–Trinajstić information content (AvgIpc) is 2.94. The third kappa shape index (κ3) is 7.00. The molecule has 36 heavy (non-hydrogen) atoms. The van der Waals surface area contributed by atoms with E-state index in [-0.39, 0.29) is 0 Å². The van der Waals surface area contributed by atoms with Gasteiger partial charge in [-0.3, -0.25) is 0 Å². The van der Waals surface area contributed by atoms with Crippen molar-refractivity contribution < 1.29 is 14.2 Å². The van der Waals surface area contributed by atoms with Crippen LogP contribution in [0.25, 0.3) is 36.5 Å². The van der Waals surface area contributed by atoms with E-state index < -0.39 is 0 Å². The molecule has 0 saturated heterocycles. The summed E-state index contributed by atoms with van der Waals surface area (Å²) in [7, 11) is 5.03. The van der Waals surface area contributed by atoms with Crippen molar-refractivity contribution in [1.82, 2.24) is 0 Å². The van der Waals surface area contributed by atoms with Crippen LogP contribution in [-0.2, 0) is 0 Å². The Bertz CT molecular complexity index is 1160. The van der Waals surface area contributed by atoms with Gasteiger partial charge in [-0.1, -0.05) is 72.9 Å². The van der Waals surface area contributed by atoms with Crippen molar-refractivity contribution >= 4 is 36.5 Å². The van der Waals surface area contributed by atoms with E-state index in [0.29, 0.717) is 0 Å². The van der Waals surface area contributed by atoms with Crippen molar-refractivity contribution in [2.24, 2.45) is 0 Å². The Hall–Kier alpha value is -4.50. The zero-order valence-corrected chi connectivity index (χ0v) is 20.8. The van der Waals surface area contributed by atoms with Crippen molar-refractivity contribution in [3.8, 4) is 17.2 Å². The molecule has 3 nitrogen and oxygen atoms in total. The topological polar surface area (TPSA) is 27.7 Å². The van der Waals surface area contributed by atoms with E-state index in [0.717, 1.165) is 50.6 Å². The highest BCUT2D eigenvalue weighted by Gasteiger charge is 1.99. The van der Waals surface area contributed by atoms with Gasteiger partial charge in [0.1, 0.15) is 17.2 Å². The highest BCUT2D eigenvalue weighted by molar-refractivity contribution is 5.79. The Morgan fingerprint density at radius 2 is 0.556 bits per heavy atom. The minimum Gasteiger partial charge on any atom is -0.497 e. The molecule has 0 radical (unpaired) electrons. The Morgan fingerprint density at radius 3 is 0.778 bits per heavy atom. The Balaban J connectivity index is 1.62. The fourth-order valence-electron chi connectivity index (χ4n) is 3.71. The van der Waals surface area contributed by atoms with E-state index in [1.807, 2.05) is 72.8 Å². The molecule has 0 aliphatic carbocycles. The summed E-state index contributed by atoms with van der Waals surface area (Å²) in [5, 5.41) is 0. The summed E-state index contributed by atoms with van der Waals surface area (Å²) in [5.74, 6) is 2.55. The molecule has 0 aliphatic heterocycles. The summed E-state index contributed by atoms with van der Waals surface area (Å²) in [6.45, 7) is 0. The lowest BCUT2D eigenvalue weighted by atomic mass is 10.0. The maximum Gasteiger partial charge on any atom is 0.118 e. The first kappa shape index (κ1) is 24.6. The third-order valence-corrected chi connectivity index (χ3v) is 5.75. The largest absolute Gasteiger partial charge is 0.497 e. The first-order valence-electron chi connectivity index (χ1n) is 11.8. The first-order chi connectivity index (χ1) is 17.6. The van der Waals surface area contributed by atoms with Crippen molar-refractivity contribution in [3.05, 3.63) is 124 Å². The van der Waals surface area contributed by atoms with Crippen LogP contribution in [0.15, 0.2) is 91.0 Å². The summed E-state index contributed by atoms with van der Waals surface area (Å²) in [5.41, 5.74) is 6.71. The first-order valence-corrected chi connectivity index (χ1v) is 11.8. The van der Waals surface area contributed by atoms with Crippen LogP contribution in [0.1, 0.15) is 33.4 Å². The second kappa shape index (κ2) is 12.3. The van der Waals surface area contributed by atoms with Gasteiger partial charge in [-0.25, -0.2) is 0 Å². The lowest BCUT2D eigenvalue weighted by Crippen LogP contribution is -1.84. The molecule has 0 heterocycles. The standard InChI is InChI=1S/C33H30O3/c1-34-31-16-10-25(11-17-31)4-7-28-22-29(8-5-26-12-18-32(35-2)19-13-26)24-30(23-28)9-6-27-14-20-33(36-3)21-15-27/h4-24H,1-3H3/b7-4+,8-5+,9-6+. The van der Waals surface area contributed by atoms with Crippen LogP contribution < -0.4 is 14.2 Å². The molecule has 3 heteroatoms. The normalized spacial score (nSPS) is 11.4. The molecule has 0 spiro atoms. The van der Waals surface area contributed by atoms with Gasteiger partial charge >= 0.3 is 0 Å². The molecule has 0 saturated carbocycles. The predicted molar refractivity (Wildman–Crippen MR) is 152 cm³/mol. The smallest absolute Gasteiger partial charge is 0.118 e. The number of benzene rings is 4. The second-order valence-electron chi connectivity index (χ2n) is 8.25. The minimum atomic E-state index is 0.851. The quantitative estimate of drug-likeness (QED) is 0.229. The van der Waals surface area contributed by atoms with Gasteiger partial charge in [-0.05, 0) is 88.0 Å². The second-order valence-corrected chi connectivity index (χ2v) is 8.25. The van der Waals surface area contributed by atoms with Gasteiger partial charge in [0.05, 0.1) is 21.3 Å². The molecular formula is C33H30O3. The fraction of sp³-hybridized carbons (Fsp3) is 0.0909. The summed E-state index contributed by atoms with van der Waals surface area (Å²) in [4.78, 5) is 0. The van der Waals surface area contributed by atoms with Gasteiger partial charge in [-0.2, -0.15) is 0 Å². The van der Waals surface area contributed by atoms with Crippen LogP contribution in [0, 0.1) is 0 Å². The fourth-order valence-corrected chi connectivity index (χ4v) is 3.71. The van der Waals surface area contributed by atoms with E-state index in [4.69, 9.17) is 14.2 Å². The lowest BCUT2D eigenvalue weighted by Gasteiger charge is -2.04. The zero-order valence-electron chi connectivity index (χ0n) is 20.8. The molecule has 0 amide bonds. The van der Waals surface area contributed by atoms with Crippen molar-refractivity contribution in [2.75, 3.05) is 21.3 Å². The average molecular weight is 475 g/mol.